The Balaban J connectivity index is 1.55. The van der Waals surface area contributed by atoms with E-state index < -0.39 is 0 Å². The molecule has 26 heavy (non-hydrogen) atoms. The Morgan fingerprint density at radius 1 is 0.885 bits per heavy atom. The molecule has 3 aromatic carbocycles. The largest absolute Gasteiger partial charge is 0.504 e. The van der Waals surface area contributed by atoms with Gasteiger partial charge in [0, 0.05) is 24.2 Å². The molecule has 0 radical (unpaired) electrons. The smallest absolute Gasteiger partial charge is 0.161 e. The summed E-state index contributed by atoms with van der Waals surface area (Å²) in [5, 5.41) is 10.4. The number of nitrogens with zero attached hydrogens (tertiary/aromatic N) is 1. The normalized spacial score (nSPS) is 13.0. The summed E-state index contributed by atoms with van der Waals surface area (Å²) in [6, 6.07) is 24.0. The summed E-state index contributed by atoms with van der Waals surface area (Å²) in [5.74, 6) is 0.705. The molecular formula is C23H21NO2. The quantitative estimate of drug-likeness (QED) is 0.738. The van der Waals surface area contributed by atoms with Gasteiger partial charge in [0.25, 0.3) is 0 Å². The molecule has 1 N–H and O–H groups in total. The Morgan fingerprint density at radius 2 is 1.58 bits per heavy atom. The van der Waals surface area contributed by atoms with Crippen molar-refractivity contribution in [3.63, 3.8) is 0 Å². The number of benzene rings is 3. The molecule has 0 bridgehead atoms. The number of phenols is 1. The fourth-order valence-electron chi connectivity index (χ4n) is 3.27. The lowest BCUT2D eigenvalue weighted by atomic mass is 9.93. The molecule has 3 heteroatoms. The zero-order valence-electron chi connectivity index (χ0n) is 14.6. The van der Waals surface area contributed by atoms with Gasteiger partial charge in [-0.25, -0.2) is 0 Å². The molecule has 1 aliphatic rings. The van der Waals surface area contributed by atoms with Crippen molar-refractivity contribution in [2.24, 2.45) is 4.99 Å². The van der Waals surface area contributed by atoms with Crippen LogP contribution < -0.4 is 4.74 Å². The molecule has 0 fully saturated rings. The molecule has 1 aliphatic heterocycles. The van der Waals surface area contributed by atoms with Crippen LogP contribution in [0.4, 0.5) is 0 Å². The average molecular weight is 343 g/mol. The van der Waals surface area contributed by atoms with Crippen LogP contribution in [-0.4, -0.2) is 17.4 Å². The number of hydrogen-bond acceptors (Lipinski definition) is 3. The van der Waals surface area contributed by atoms with Crippen LogP contribution in [0.5, 0.6) is 11.5 Å². The van der Waals surface area contributed by atoms with Crippen LogP contribution in [0.2, 0.25) is 0 Å². The minimum absolute atomic E-state index is 0.169. The van der Waals surface area contributed by atoms with Gasteiger partial charge in [-0.15, -0.1) is 0 Å². The van der Waals surface area contributed by atoms with Gasteiger partial charge < -0.3 is 9.84 Å². The number of aliphatic imine (C=N–C) groups is 1. The van der Waals surface area contributed by atoms with E-state index in [1.807, 2.05) is 54.6 Å². The Morgan fingerprint density at radius 3 is 2.31 bits per heavy atom. The fraction of sp³-hybridized carbons (Fsp3) is 0.174. The molecule has 3 aromatic rings. The van der Waals surface area contributed by atoms with Gasteiger partial charge in [0.1, 0.15) is 6.61 Å². The highest BCUT2D eigenvalue weighted by Gasteiger charge is 2.18. The van der Waals surface area contributed by atoms with Gasteiger partial charge in [-0.2, -0.15) is 0 Å². The van der Waals surface area contributed by atoms with Crippen molar-refractivity contribution in [1.82, 2.24) is 0 Å². The van der Waals surface area contributed by atoms with E-state index in [0.717, 1.165) is 36.2 Å². The van der Waals surface area contributed by atoms with Gasteiger partial charge in [0.05, 0.1) is 0 Å². The van der Waals surface area contributed by atoms with Crippen LogP contribution in [0.15, 0.2) is 77.8 Å². The maximum absolute atomic E-state index is 10.4. The topological polar surface area (TPSA) is 41.8 Å². The average Bonchev–Trinajstić information content (AvgIpc) is 2.69. The summed E-state index contributed by atoms with van der Waals surface area (Å²) in [4.78, 5) is 4.70. The maximum Gasteiger partial charge on any atom is 0.161 e. The van der Waals surface area contributed by atoms with Gasteiger partial charge in [-0.3, -0.25) is 4.99 Å². The van der Waals surface area contributed by atoms with E-state index in [9.17, 15) is 5.11 Å². The highest BCUT2D eigenvalue weighted by Crippen LogP contribution is 2.33. The third-order valence-corrected chi connectivity index (χ3v) is 4.63. The van der Waals surface area contributed by atoms with E-state index in [0.29, 0.717) is 12.4 Å². The fourth-order valence-corrected chi connectivity index (χ4v) is 3.27. The molecule has 0 spiro atoms. The number of fused-ring (bicyclic) bond motifs is 1. The summed E-state index contributed by atoms with van der Waals surface area (Å²) < 4.78 is 5.85. The van der Waals surface area contributed by atoms with Crippen molar-refractivity contribution in [3.05, 3.63) is 95.1 Å². The van der Waals surface area contributed by atoms with Gasteiger partial charge >= 0.3 is 0 Å². The number of hydrogen-bond donors (Lipinski definition) is 1. The second-order valence-electron chi connectivity index (χ2n) is 6.49. The summed E-state index contributed by atoms with van der Waals surface area (Å²) in [6.07, 6.45) is 1.65. The second kappa shape index (κ2) is 7.44. The van der Waals surface area contributed by atoms with Crippen molar-refractivity contribution in [1.29, 1.82) is 0 Å². The van der Waals surface area contributed by atoms with Crippen molar-refractivity contribution in [3.8, 4) is 11.5 Å². The summed E-state index contributed by atoms with van der Waals surface area (Å²) >= 11 is 0. The van der Waals surface area contributed by atoms with Crippen LogP contribution in [0.1, 0.15) is 22.3 Å². The number of phenolic OH excluding ortho intramolecular Hbond substituents is 1. The SMILES string of the molecule is Oc1cc2c(cc1OCc1ccccc1)CCN=C2Cc1ccccc1. The van der Waals surface area contributed by atoms with E-state index in [4.69, 9.17) is 9.73 Å². The maximum atomic E-state index is 10.4. The minimum atomic E-state index is 0.169. The Kier molecular flexibility index (Phi) is 4.69. The lowest BCUT2D eigenvalue weighted by molar-refractivity contribution is 0.288. The lowest BCUT2D eigenvalue weighted by Gasteiger charge is -2.19. The first-order valence-corrected chi connectivity index (χ1v) is 8.90. The van der Waals surface area contributed by atoms with Crippen molar-refractivity contribution < 1.29 is 9.84 Å². The van der Waals surface area contributed by atoms with Gasteiger partial charge in [-0.1, -0.05) is 60.7 Å². The Hall–Kier alpha value is -3.07. The zero-order chi connectivity index (χ0) is 17.8. The molecule has 3 nitrogen and oxygen atoms in total. The highest BCUT2D eigenvalue weighted by atomic mass is 16.5. The molecule has 0 amide bonds. The molecule has 1 heterocycles. The van der Waals surface area contributed by atoms with E-state index in [-0.39, 0.29) is 5.75 Å². The first-order chi connectivity index (χ1) is 12.8. The predicted molar refractivity (Wildman–Crippen MR) is 104 cm³/mol. The molecule has 0 aromatic heterocycles. The van der Waals surface area contributed by atoms with Crippen LogP contribution in [0.25, 0.3) is 0 Å². The van der Waals surface area contributed by atoms with Crippen LogP contribution >= 0.6 is 0 Å². The summed E-state index contributed by atoms with van der Waals surface area (Å²) in [5.41, 5.74) is 5.55. The Labute approximate surface area is 153 Å². The van der Waals surface area contributed by atoms with Crippen LogP contribution in [0, 0.1) is 0 Å². The molecule has 0 aliphatic carbocycles. The van der Waals surface area contributed by atoms with Gasteiger partial charge in [0.2, 0.25) is 0 Å². The van der Waals surface area contributed by atoms with Crippen molar-refractivity contribution in [2.75, 3.05) is 6.54 Å². The molecule has 0 saturated heterocycles. The highest BCUT2D eigenvalue weighted by molar-refractivity contribution is 6.04. The second-order valence-corrected chi connectivity index (χ2v) is 6.49. The van der Waals surface area contributed by atoms with Gasteiger partial charge in [0.15, 0.2) is 11.5 Å². The van der Waals surface area contributed by atoms with Crippen molar-refractivity contribution >= 4 is 5.71 Å². The van der Waals surface area contributed by atoms with E-state index in [1.165, 1.54) is 11.1 Å². The zero-order valence-corrected chi connectivity index (χ0v) is 14.6. The molecule has 0 saturated carbocycles. The number of aromatic hydroxyl groups is 1. The molecular weight excluding hydrogens is 322 g/mol. The third-order valence-electron chi connectivity index (χ3n) is 4.63. The Bertz CT molecular complexity index is 918. The van der Waals surface area contributed by atoms with Crippen LogP contribution in [-0.2, 0) is 19.4 Å². The number of rotatable bonds is 5. The molecule has 0 atom stereocenters. The van der Waals surface area contributed by atoms with E-state index >= 15 is 0 Å². The first-order valence-electron chi connectivity index (χ1n) is 8.90. The van der Waals surface area contributed by atoms with Crippen LogP contribution in [0.3, 0.4) is 0 Å². The lowest BCUT2D eigenvalue weighted by Crippen LogP contribution is -2.15. The monoisotopic (exact) mass is 343 g/mol. The standard InChI is InChI=1S/C23H21NO2/c25-22-15-20-19(14-23(22)26-16-18-9-5-2-6-10-18)11-12-24-21(20)13-17-7-3-1-4-8-17/h1-10,14-15,25H,11-13,16H2. The summed E-state index contributed by atoms with van der Waals surface area (Å²) in [7, 11) is 0. The molecule has 0 unspecified atom stereocenters. The first kappa shape index (κ1) is 16.4. The van der Waals surface area contributed by atoms with E-state index in [2.05, 4.69) is 12.1 Å². The third kappa shape index (κ3) is 3.62. The summed E-state index contributed by atoms with van der Waals surface area (Å²) in [6.45, 7) is 1.22. The van der Waals surface area contributed by atoms with Crippen molar-refractivity contribution in [2.45, 2.75) is 19.4 Å². The molecule has 130 valence electrons. The number of ether oxygens (including phenoxy) is 1. The van der Waals surface area contributed by atoms with Gasteiger partial charge in [-0.05, 0) is 35.2 Å². The predicted octanol–water partition coefficient (Wildman–Crippen LogP) is 4.56. The molecule has 4 rings (SSSR count). The minimum Gasteiger partial charge on any atom is -0.504 e. The van der Waals surface area contributed by atoms with E-state index in [1.54, 1.807) is 6.07 Å².